The van der Waals surface area contributed by atoms with E-state index in [2.05, 4.69) is 31.5 Å². The molecule has 1 heterocycles. The van der Waals surface area contributed by atoms with E-state index in [0.717, 1.165) is 4.72 Å². The van der Waals surface area contributed by atoms with E-state index in [9.17, 15) is 0 Å². The molecule has 38 valence electrons. The van der Waals surface area contributed by atoms with Crippen LogP contribution in [0.2, 0.25) is 0 Å². The third kappa shape index (κ3) is 0.783. The van der Waals surface area contributed by atoms with Gasteiger partial charge < -0.3 is 0 Å². The first-order chi connectivity index (χ1) is 3.30. The Hall–Kier alpha value is -0.411. The van der Waals surface area contributed by atoms with Gasteiger partial charge in [-0.05, 0) is 0 Å². The molecule has 1 rings (SSSR count). The Balaban J connectivity index is 3.12. The van der Waals surface area contributed by atoms with Crippen LogP contribution in [0.25, 0.3) is 0 Å². The average Bonchev–Trinajstić information content (AvgIpc) is 1.91. The summed E-state index contributed by atoms with van der Waals surface area (Å²) >= 11 is 2.26. The third-order valence-electron chi connectivity index (χ3n) is 0.598. The van der Waals surface area contributed by atoms with E-state index in [0.29, 0.717) is 0 Å². The Kier molecular flexibility index (Phi) is 1.08. The molecule has 0 saturated carbocycles. The molecule has 0 unspecified atom stereocenters. The zero-order chi connectivity index (χ0) is 5.28. The predicted molar refractivity (Wildman–Crippen MR) is 25.6 cm³/mol. The number of rotatable bonds is 0. The van der Waals surface area contributed by atoms with E-state index in [1.807, 2.05) is 0 Å². The number of hydrogen-bond donors (Lipinski definition) is 0. The van der Waals surface area contributed by atoms with Gasteiger partial charge in [-0.1, -0.05) is 0 Å². The summed E-state index contributed by atoms with van der Waals surface area (Å²) < 4.78 is 2.35. The van der Waals surface area contributed by atoms with Gasteiger partial charge in [0.2, 0.25) is 0 Å². The summed E-state index contributed by atoms with van der Waals surface area (Å²) in [5, 5.41) is 10.5. The molecule has 4 nitrogen and oxygen atoms in total. The minimum absolute atomic E-state index is 0.771. The van der Waals surface area contributed by atoms with Crippen LogP contribution in [0.15, 0.2) is 0 Å². The molecule has 0 amide bonds. The van der Waals surface area contributed by atoms with Crippen molar-refractivity contribution in [2.45, 2.75) is 0 Å². The molecule has 0 fully saturated rings. The summed E-state index contributed by atoms with van der Waals surface area (Å²) in [6, 6.07) is 0. The SMILES string of the molecule is Cn1nnnc1[SeH]. The Labute approximate surface area is 48.7 Å². The van der Waals surface area contributed by atoms with Gasteiger partial charge >= 0.3 is 48.0 Å². The van der Waals surface area contributed by atoms with Crippen LogP contribution in [0.1, 0.15) is 0 Å². The van der Waals surface area contributed by atoms with E-state index in [1.165, 1.54) is 0 Å². The number of hydrogen-bond acceptors (Lipinski definition) is 3. The first kappa shape index (κ1) is 4.74. The Morgan fingerprint density at radius 1 is 1.71 bits per heavy atom. The maximum atomic E-state index is 3.59. The summed E-state index contributed by atoms with van der Waals surface area (Å²) in [5.41, 5.74) is 0. The summed E-state index contributed by atoms with van der Waals surface area (Å²) in [6.45, 7) is 0. The van der Waals surface area contributed by atoms with Crippen molar-refractivity contribution in [1.82, 2.24) is 20.2 Å². The van der Waals surface area contributed by atoms with Gasteiger partial charge in [-0.3, -0.25) is 0 Å². The van der Waals surface area contributed by atoms with Crippen LogP contribution in [0.5, 0.6) is 0 Å². The molecule has 0 spiro atoms. The molecule has 5 heteroatoms. The fourth-order valence-electron chi connectivity index (χ4n) is 0.225. The standard InChI is InChI=1S/C2H4N4Se/c1-6-2(7)3-4-5-6/h1H3,(H,3,5,7). The fraction of sp³-hybridized carbons (Fsp3) is 0.500. The van der Waals surface area contributed by atoms with Crippen molar-refractivity contribution in [2.75, 3.05) is 0 Å². The molecule has 0 bridgehead atoms. The van der Waals surface area contributed by atoms with E-state index < -0.39 is 0 Å². The molecule has 7 heavy (non-hydrogen) atoms. The Morgan fingerprint density at radius 3 is 2.57 bits per heavy atom. The molecular weight excluding hydrogens is 159 g/mol. The van der Waals surface area contributed by atoms with Crippen LogP contribution in [-0.4, -0.2) is 36.2 Å². The first-order valence-electron chi connectivity index (χ1n) is 1.72. The number of aryl methyl sites for hydroxylation is 1. The molecule has 0 aliphatic rings. The van der Waals surface area contributed by atoms with Gasteiger partial charge in [0.25, 0.3) is 0 Å². The molecule has 0 aliphatic carbocycles. The molecule has 0 N–H and O–H groups in total. The number of aromatic nitrogens is 4. The molecule has 0 aromatic carbocycles. The van der Waals surface area contributed by atoms with Crippen LogP contribution in [0.3, 0.4) is 0 Å². The van der Waals surface area contributed by atoms with Gasteiger partial charge in [-0.2, -0.15) is 0 Å². The van der Waals surface area contributed by atoms with Crippen molar-refractivity contribution in [3.63, 3.8) is 0 Å². The summed E-state index contributed by atoms with van der Waals surface area (Å²) in [4.78, 5) is 0. The molecule has 0 saturated heterocycles. The van der Waals surface area contributed by atoms with E-state index >= 15 is 0 Å². The molecule has 1 aromatic rings. The predicted octanol–water partition coefficient (Wildman–Crippen LogP) is -2.26. The van der Waals surface area contributed by atoms with Crippen molar-refractivity contribution >= 4 is 20.7 Å². The summed E-state index contributed by atoms with van der Waals surface area (Å²) in [5.74, 6) is 0. The van der Waals surface area contributed by atoms with Crippen molar-refractivity contribution in [3.05, 3.63) is 0 Å². The van der Waals surface area contributed by atoms with Gasteiger partial charge in [0, 0.05) is 0 Å². The molecule has 0 aliphatic heterocycles. The quantitative estimate of drug-likeness (QED) is 0.405. The summed E-state index contributed by atoms with van der Waals surface area (Å²) in [6.07, 6.45) is 0. The Morgan fingerprint density at radius 2 is 2.43 bits per heavy atom. The van der Waals surface area contributed by atoms with E-state index in [1.54, 1.807) is 11.7 Å². The van der Waals surface area contributed by atoms with Crippen LogP contribution in [-0.2, 0) is 7.05 Å². The molecule has 0 atom stereocenters. The fourth-order valence-corrected chi connectivity index (χ4v) is 0.393. The molecule has 1 aromatic heterocycles. The maximum absolute atomic E-state index is 3.59. The zero-order valence-electron chi connectivity index (χ0n) is 3.74. The molecule has 0 radical (unpaired) electrons. The Bertz CT molecular complexity index is 142. The van der Waals surface area contributed by atoms with Gasteiger partial charge in [0.05, 0.1) is 0 Å². The van der Waals surface area contributed by atoms with Crippen LogP contribution in [0.4, 0.5) is 0 Å². The average molecular weight is 163 g/mol. The van der Waals surface area contributed by atoms with Crippen molar-refractivity contribution < 1.29 is 0 Å². The van der Waals surface area contributed by atoms with Gasteiger partial charge in [0.15, 0.2) is 0 Å². The number of tetrazole rings is 1. The van der Waals surface area contributed by atoms with Crippen molar-refractivity contribution in [3.8, 4) is 0 Å². The van der Waals surface area contributed by atoms with Gasteiger partial charge in [0.1, 0.15) is 0 Å². The second-order valence-electron chi connectivity index (χ2n) is 1.10. The zero-order valence-corrected chi connectivity index (χ0v) is 5.61. The van der Waals surface area contributed by atoms with E-state index in [-0.39, 0.29) is 0 Å². The van der Waals surface area contributed by atoms with E-state index in [4.69, 9.17) is 0 Å². The normalized spacial score (nSPS) is 9.43. The number of nitrogens with zero attached hydrogens (tertiary/aromatic N) is 4. The van der Waals surface area contributed by atoms with Crippen LogP contribution < -0.4 is 4.72 Å². The molecular formula is C2H4N4Se. The van der Waals surface area contributed by atoms with Gasteiger partial charge in [-0.15, -0.1) is 0 Å². The van der Waals surface area contributed by atoms with Crippen LogP contribution >= 0.6 is 0 Å². The third-order valence-corrected chi connectivity index (χ3v) is 1.39. The second-order valence-corrected chi connectivity index (χ2v) is 1.94. The van der Waals surface area contributed by atoms with Crippen molar-refractivity contribution in [2.24, 2.45) is 7.05 Å². The minimum atomic E-state index is 0.771. The topological polar surface area (TPSA) is 43.6 Å². The van der Waals surface area contributed by atoms with Crippen molar-refractivity contribution in [1.29, 1.82) is 0 Å². The van der Waals surface area contributed by atoms with Crippen LogP contribution in [0, 0.1) is 0 Å². The summed E-state index contributed by atoms with van der Waals surface area (Å²) in [7, 11) is 1.79. The first-order valence-corrected chi connectivity index (χ1v) is 2.66. The van der Waals surface area contributed by atoms with Gasteiger partial charge in [-0.25, -0.2) is 0 Å². The second kappa shape index (κ2) is 1.60. The monoisotopic (exact) mass is 164 g/mol.